The first-order chi connectivity index (χ1) is 16.7. The fraction of sp³-hybridized carbons (Fsp3) is 0.269. The van der Waals surface area contributed by atoms with Crippen molar-refractivity contribution in [2.75, 3.05) is 0 Å². The molecule has 0 unspecified atom stereocenters. The van der Waals surface area contributed by atoms with Crippen LogP contribution in [0.15, 0.2) is 54.6 Å². The summed E-state index contributed by atoms with van der Waals surface area (Å²) in [6.45, 7) is 7.85. The molecule has 4 aromatic rings. The lowest BCUT2D eigenvalue weighted by atomic mass is 10.0. The van der Waals surface area contributed by atoms with Crippen molar-refractivity contribution < 1.29 is 14.7 Å². The molecule has 0 aliphatic heterocycles. The first-order valence-corrected chi connectivity index (χ1v) is 12.1. The molecule has 0 radical (unpaired) electrons. The van der Waals surface area contributed by atoms with Gasteiger partial charge in [-0.05, 0) is 78.1 Å². The van der Waals surface area contributed by atoms with Crippen molar-refractivity contribution in [3.05, 3.63) is 70.6 Å². The quantitative estimate of drug-likeness (QED) is 0.364. The summed E-state index contributed by atoms with van der Waals surface area (Å²) in [7, 11) is 0. The molecule has 2 aromatic heterocycles. The van der Waals surface area contributed by atoms with Crippen LogP contribution in [0.5, 0.6) is 0 Å². The van der Waals surface area contributed by atoms with E-state index in [-0.39, 0.29) is 5.92 Å². The molecule has 0 aliphatic carbocycles. The zero-order chi connectivity index (χ0) is 25.1. The van der Waals surface area contributed by atoms with Crippen molar-refractivity contribution in [2.45, 2.75) is 40.2 Å². The number of aliphatic carboxylic acids is 1. The molecule has 0 bridgehead atoms. The molecule has 35 heavy (non-hydrogen) atoms. The van der Waals surface area contributed by atoms with Crippen molar-refractivity contribution in [2.24, 2.45) is 5.92 Å². The lowest BCUT2D eigenvalue weighted by molar-refractivity contribution is -0.139. The van der Waals surface area contributed by atoms with Gasteiger partial charge in [0.25, 0.3) is 5.91 Å². The number of tetrazole rings is 1. The third kappa shape index (κ3) is 5.46. The van der Waals surface area contributed by atoms with Crippen LogP contribution in [-0.2, 0) is 4.79 Å². The van der Waals surface area contributed by atoms with E-state index >= 15 is 0 Å². The molecule has 0 aliphatic rings. The Hall–Kier alpha value is -3.85. The molecule has 4 rings (SSSR count). The summed E-state index contributed by atoms with van der Waals surface area (Å²) < 4.78 is 1.60. The van der Waals surface area contributed by atoms with Gasteiger partial charge in [-0.25, -0.2) is 4.79 Å². The molecular formula is C26H27N5O3S. The van der Waals surface area contributed by atoms with Gasteiger partial charge in [-0.3, -0.25) is 4.79 Å². The standard InChI is InChI=1S/C26H27N5O3S/c1-15(2)11-22(26(33)34)27-25(32)19-12-18(23-10-9-17(4)35-23)13-20(14-19)31-24(28-29-30-31)21-8-6-5-7-16(21)3/h5-10,12-15,22H,11H2,1-4H3,(H,27,32)(H,33,34)/t22-/m0/s1. The predicted octanol–water partition coefficient (Wildman–Crippen LogP) is 4.90. The zero-order valence-corrected chi connectivity index (χ0v) is 20.8. The number of hydrogen-bond donors (Lipinski definition) is 2. The van der Waals surface area contributed by atoms with Crippen molar-refractivity contribution >= 4 is 23.2 Å². The van der Waals surface area contributed by atoms with Gasteiger partial charge in [0.15, 0.2) is 5.82 Å². The fourth-order valence-electron chi connectivity index (χ4n) is 3.88. The van der Waals surface area contributed by atoms with E-state index in [1.807, 2.05) is 70.2 Å². The second-order valence-corrected chi connectivity index (χ2v) is 10.2. The highest BCUT2D eigenvalue weighted by Crippen LogP contribution is 2.31. The SMILES string of the molecule is Cc1ccc(-c2cc(C(=O)N[C@@H](CC(C)C)C(=O)O)cc(-n3nnnc3-c3ccccc3C)c2)s1. The van der Waals surface area contributed by atoms with Gasteiger partial charge < -0.3 is 10.4 Å². The van der Waals surface area contributed by atoms with E-state index in [4.69, 9.17) is 0 Å². The Kier molecular flexibility index (Phi) is 7.07. The van der Waals surface area contributed by atoms with Crippen LogP contribution >= 0.6 is 11.3 Å². The van der Waals surface area contributed by atoms with Gasteiger partial charge in [-0.2, -0.15) is 4.68 Å². The minimum atomic E-state index is -1.06. The fourth-order valence-corrected chi connectivity index (χ4v) is 4.74. The van der Waals surface area contributed by atoms with Crippen LogP contribution in [0.4, 0.5) is 0 Å². The predicted molar refractivity (Wildman–Crippen MR) is 136 cm³/mol. The number of benzene rings is 2. The average molecular weight is 490 g/mol. The van der Waals surface area contributed by atoms with Crippen molar-refractivity contribution in [3.8, 4) is 27.5 Å². The van der Waals surface area contributed by atoms with E-state index in [9.17, 15) is 14.7 Å². The Morgan fingerprint density at radius 1 is 1.09 bits per heavy atom. The molecule has 0 spiro atoms. The number of carbonyl (C=O) groups excluding carboxylic acids is 1. The smallest absolute Gasteiger partial charge is 0.326 e. The van der Waals surface area contributed by atoms with E-state index in [0.29, 0.717) is 23.5 Å². The molecule has 2 aromatic carbocycles. The Bertz CT molecular complexity index is 1370. The van der Waals surface area contributed by atoms with Crippen LogP contribution in [-0.4, -0.2) is 43.2 Å². The van der Waals surface area contributed by atoms with Crippen LogP contribution in [0, 0.1) is 19.8 Å². The number of carboxylic acids is 1. The average Bonchev–Trinajstić information content (AvgIpc) is 3.47. The molecular weight excluding hydrogens is 462 g/mol. The number of hydrogen-bond acceptors (Lipinski definition) is 6. The molecule has 9 heteroatoms. The van der Waals surface area contributed by atoms with Gasteiger partial charge in [0, 0.05) is 20.9 Å². The van der Waals surface area contributed by atoms with Gasteiger partial charge in [-0.15, -0.1) is 16.4 Å². The maximum absolute atomic E-state index is 13.2. The maximum atomic E-state index is 13.2. The summed E-state index contributed by atoms with van der Waals surface area (Å²) in [4.78, 5) is 27.1. The molecule has 180 valence electrons. The molecule has 0 saturated carbocycles. The second kappa shape index (κ2) is 10.2. The van der Waals surface area contributed by atoms with E-state index in [1.54, 1.807) is 28.2 Å². The van der Waals surface area contributed by atoms with Crippen molar-refractivity contribution in [1.29, 1.82) is 0 Å². The van der Waals surface area contributed by atoms with E-state index in [2.05, 4.69) is 20.8 Å². The minimum Gasteiger partial charge on any atom is -0.480 e. The van der Waals surface area contributed by atoms with E-state index in [1.165, 1.54) is 0 Å². The highest BCUT2D eigenvalue weighted by Gasteiger charge is 2.23. The van der Waals surface area contributed by atoms with Crippen molar-refractivity contribution in [3.63, 3.8) is 0 Å². The summed E-state index contributed by atoms with van der Waals surface area (Å²) in [5.74, 6) is -0.845. The lowest BCUT2D eigenvalue weighted by Crippen LogP contribution is -2.41. The lowest BCUT2D eigenvalue weighted by Gasteiger charge is -2.17. The van der Waals surface area contributed by atoms with Gasteiger partial charge >= 0.3 is 5.97 Å². The van der Waals surface area contributed by atoms with Gasteiger partial charge in [-0.1, -0.05) is 38.1 Å². The topological polar surface area (TPSA) is 110 Å². The Labute approximate surface area is 207 Å². The normalized spacial score (nSPS) is 12.0. The number of carbonyl (C=O) groups is 2. The van der Waals surface area contributed by atoms with E-state index < -0.39 is 17.9 Å². The molecule has 0 saturated heterocycles. The number of aromatic nitrogens is 4. The number of nitrogens with zero attached hydrogens (tertiary/aromatic N) is 4. The van der Waals surface area contributed by atoms with Crippen LogP contribution < -0.4 is 5.32 Å². The third-order valence-electron chi connectivity index (χ3n) is 5.62. The van der Waals surface area contributed by atoms with Gasteiger partial charge in [0.1, 0.15) is 6.04 Å². The highest BCUT2D eigenvalue weighted by atomic mass is 32.1. The first-order valence-electron chi connectivity index (χ1n) is 11.3. The first kappa shape index (κ1) is 24.3. The van der Waals surface area contributed by atoms with Gasteiger partial charge in [0.2, 0.25) is 0 Å². The molecule has 2 heterocycles. The van der Waals surface area contributed by atoms with Gasteiger partial charge in [0.05, 0.1) is 5.69 Å². The summed E-state index contributed by atoms with van der Waals surface area (Å²) >= 11 is 1.61. The summed E-state index contributed by atoms with van der Waals surface area (Å²) in [5, 5.41) is 24.6. The summed E-state index contributed by atoms with van der Waals surface area (Å²) in [5.41, 5.74) is 3.67. The van der Waals surface area contributed by atoms with Crippen LogP contribution in [0.2, 0.25) is 0 Å². The number of thiophene rings is 1. The Balaban J connectivity index is 1.80. The van der Waals surface area contributed by atoms with Crippen LogP contribution in [0.1, 0.15) is 41.1 Å². The minimum absolute atomic E-state index is 0.116. The second-order valence-electron chi connectivity index (χ2n) is 8.90. The Morgan fingerprint density at radius 2 is 1.86 bits per heavy atom. The number of amides is 1. The number of carboxylic acid groups (broad SMARTS) is 1. The molecule has 2 N–H and O–H groups in total. The maximum Gasteiger partial charge on any atom is 0.326 e. The monoisotopic (exact) mass is 489 g/mol. The Morgan fingerprint density at radius 3 is 2.51 bits per heavy atom. The van der Waals surface area contributed by atoms with Crippen LogP contribution in [0.3, 0.4) is 0 Å². The summed E-state index contributed by atoms with van der Waals surface area (Å²) in [6, 6.07) is 16.2. The number of rotatable bonds is 8. The molecule has 8 nitrogen and oxygen atoms in total. The van der Waals surface area contributed by atoms with Crippen molar-refractivity contribution in [1.82, 2.24) is 25.5 Å². The largest absolute Gasteiger partial charge is 0.480 e. The number of nitrogens with one attached hydrogen (secondary N) is 1. The molecule has 0 fully saturated rings. The number of aryl methyl sites for hydroxylation is 2. The third-order valence-corrected chi connectivity index (χ3v) is 6.67. The molecule has 1 amide bonds. The zero-order valence-electron chi connectivity index (χ0n) is 20.0. The van der Waals surface area contributed by atoms with Crippen LogP contribution in [0.25, 0.3) is 27.5 Å². The molecule has 1 atom stereocenters. The summed E-state index contributed by atoms with van der Waals surface area (Å²) in [6.07, 6.45) is 0.335. The highest BCUT2D eigenvalue weighted by molar-refractivity contribution is 7.15. The van der Waals surface area contributed by atoms with E-state index in [0.717, 1.165) is 26.4 Å².